The maximum absolute atomic E-state index is 11.6. The Bertz CT molecular complexity index is 3700. The SMILES string of the molecule is C=CC(=O)Nc1ccc(-c2cn3c(n2)c(-c2c(Cl)c(OC)cc(OC)c2Cl)cc2cnc(NC)nc23)cc1.CNc1ncc2cc(-c3c(Cl)c(OC)cc(OC)c3Cl)c3nc(-c4ccc(N)cc4)cn3c2n1. The van der Waals surface area contributed by atoms with Gasteiger partial charge in [-0.3, -0.25) is 13.6 Å². The number of methoxy groups -OCH3 is 4. The zero-order chi connectivity index (χ0) is 51.0. The quantitative estimate of drug-likeness (QED) is 0.0665. The van der Waals surface area contributed by atoms with Gasteiger partial charge in [0.05, 0.1) is 59.9 Å². The summed E-state index contributed by atoms with van der Waals surface area (Å²) in [5.41, 5.74) is 15.2. The molecule has 0 aliphatic carbocycles. The number of imidazole rings is 2. The number of carbonyl (C=O) groups is 1. The molecule has 10 aromatic rings. The van der Waals surface area contributed by atoms with E-state index in [1.165, 1.54) is 34.5 Å². The topological polar surface area (TPSA) is 202 Å². The minimum atomic E-state index is -0.288. The Hall–Kier alpha value is -8.09. The van der Waals surface area contributed by atoms with Gasteiger partial charge in [-0.25, -0.2) is 19.9 Å². The van der Waals surface area contributed by atoms with E-state index < -0.39 is 0 Å². The van der Waals surface area contributed by atoms with E-state index in [1.807, 2.05) is 69.7 Å². The van der Waals surface area contributed by atoms with Crippen LogP contribution in [-0.2, 0) is 4.79 Å². The zero-order valence-electron chi connectivity index (χ0n) is 39.2. The van der Waals surface area contributed by atoms with E-state index in [4.69, 9.17) is 81.1 Å². The predicted octanol–water partition coefficient (Wildman–Crippen LogP) is 11.7. The van der Waals surface area contributed by atoms with Crippen molar-refractivity contribution in [2.45, 2.75) is 0 Å². The summed E-state index contributed by atoms with van der Waals surface area (Å²) in [5.74, 6) is 2.35. The smallest absolute Gasteiger partial charge is 0.247 e. The Morgan fingerprint density at radius 3 is 1.33 bits per heavy atom. The maximum atomic E-state index is 11.6. The van der Waals surface area contributed by atoms with Crippen LogP contribution >= 0.6 is 46.4 Å². The number of fused-ring (bicyclic) bond motifs is 6. The minimum absolute atomic E-state index is 0.288. The fourth-order valence-corrected chi connectivity index (χ4v) is 9.37. The van der Waals surface area contributed by atoms with Crippen molar-refractivity contribution in [1.29, 1.82) is 0 Å². The molecule has 0 bridgehead atoms. The van der Waals surface area contributed by atoms with Crippen LogP contribution in [0.25, 0.3) is 78.1 Å². The molecule has 0 aliphatic heterocycles. The third kappa shape index (κ3) is 8.98. The third-order valence-corrected chi connectivity index (χ3v) is 13.0. The van der Waals surface area contributed by atoms with Crippen LogP contribution in [0.1, 0.15) is 0 Å². The summed E-state index contributed by atoms with van der Waals surface area (Å²) in [7, 11) is 9.64. The number of aromatic nitrogens is 8. The maximum Gasteiger partial charge on any atom is 0.247 e. The highest BCUT2D eigenvalue weighted by Crippen LogP contribution is 2.49. The summed E-state index contributed by atoms with van der Waals surface area (Å²) < 4.78 is 25.7. The second-order valence-corrected chi connectivity index (χ2v) is 17.2. The lowest BCUT2D eigenvalue weighted by molar-refractivity contribution is -0.111. The number of ether oxygens (including phenoxy) is 4. The van der Waals surface area contributed by atoms with Crippen LogP contribution in [0.3, 0.4) is 0 Å². The number of nitrogen functional groups attached to an aromatic ring is 1. The van der Waals surface area contributed by atoms with Gasteiger partial charge in [0.25, 0.3) is 0 Å². The van der Waals surface area contributed by atoms with Crippen LogP contribution in [0.15, 0.2) is 110 Å². The number of halogens is 4. The molecule has 72 heavy (non-hydrogen) atoms. The highest BCUT2D eigenvalue weighted by molar-refractivity contribution is 6.42. The Kier molecular flexibility index (Phi) is 13.8. The van der Waals surface area contributed by atoms with E-state index in [1.54, 1.807) is 50.8 Å². The summed E-state index contributed by atoms with van der Waals surface area (Å²) in [6, 6.07) is 21.9. The molecule has 1 amide bonds. The monoisotopic (exact) mass is 1040 g/mol. The highest BCUT2D eigenvalue weighted by atomic mass is 35.5. The van der Waals surface area contributed by atoms with Crippen molar-refractivity contribution in [3.05, 3.63) is 130 Å². The second kappa shape index (κ2) is 20.3. The average Bonchev–Trinajstić information content (AvgIpc) is 4.06. The number of nitrogens with one attached hydrogen (secondary N) is 3. The summed E-state index contributed by atoms with van der Waals surface area (Å²) >= 11 is 27.1. The normalized spacial score (nSPS) is 11.1. The molecule has 0 radical (unpaired) electrons. The molecule has 364 valence electrons. The van der Waals surface area contributed by atoms with E-state index in [-0.39, 0.29) is 5.91 Å². The molecular weight excluding hydrogens is 1000 g/mol. The minimum Gasteiger partial charge on any atom is -0.495 e. The molecule has 17 nitrogen and oxygen atoms in total. The van der Waals surface area contributed by atoms with Crippen molar-refractivity contribution < 1.29 is 23.7 Å². The lowest BCUT2D eigenvalue weighted by Crippen LogP contribution is -2.06. The van der Waals surface area contributed by atoms with Gasteiger partial charge < -0.3 is 40.6 Å². The van der Waals surface area contributed by atoms with E-state index in [2.05, 4.69) is 42.5 Å². The van der Waals surface area contributed by atoms with Crippen LogP contribution in [0.4, 0.5) is 23.3 Å². The Morgan fingerprint density at radius 1 is 0.583 bits per heavy atom. The molecule has 0 atom stereocenters. The average molecular weight is 1040 g/mol. The molecule has 4 aromatic carbocycles. The Balaban J connectivity index is 0.000000179. The van der Waals surface area contributed by atoms with E-state index in [0.29, 0.717) is 117 Å². The van der Waals surface area contributed by atoms with Gasteiger partial charge in [-0.05, 0) is 42.5 Å². The van der Waals surface area contributed by atoms with Crippen molar-refractivity contribution in [1.82, 2.24) is 38.7 Å². The largest absolute Gasteiger partial charge is 0.495 e. The molecule has 0 unspecified atom stereocenters. The number of nitrogens with zero attached hydrogens (tertiary/aromatic N) is 8. The van der Waals surface area contributed by atoms with E-state index >= 15 is 0 Å². The van der Waals surface area contributed by atoms with Gasteiger partial charge in [-0.2, -0.15) is 9.97 Å². The molecule has 10 rings (SSSR count). The molecule has 0 spiro atoms. The van der Waals surface area contributed by atoms with E-state index in [9.17, 15) is 4.79 Å². The predicted molar refractivity (Wildman–Crippen MR) is 287 cm³/mol. The lowest BCUT2D eigenvalue weighted by atomic mass is 10.0. The molecule has 21 heteroatoms. The zero-order valence-corrected chi connectivity index (χ0v) is 42.3. The standard InChI is InChI=1S/C27H22Cl2N6O3.C24H20Cl2N6O2/c1-5-21(36)32-16-8-6-14(7-9-16)18-13-35-25-15(12-31-27(30-2)34-25)10-17(26(35)33-18)22-23(28)19(37-3)11-20(38-4)24(22)29;1-28-24-29-10-13-8-15(19-20(25)17(33-2)9-18(34-3)21(19)26)23-30-16(11-32(23)22(13)31-24)12-4-6-14(27)7-5-12/h5-13H,1H2,2-4H3,(H,32,36)(H,30,31,34);4-11H,27H2,1-3H3,(H,28,29,31). The molecule has 0 saturated heterocycles. The number of rotatable bonds is 12. The summed E-state index contributed by atoms with van der Waals surface area (Å²) in [6.45, 7) is 3.48. The Labute approximate surface area is 431 Å². The summed E-state index contributed by atoms with van der Waals surface area (Å²) in [4.78, 5) is 39.6. The first-order valence-electron chi connectivity index (χ1n) is 21.7. The van der Waals surface area contributed by atoms with Crippen molar-refractivity contribution in [3.8, 4) is 67.8 Å². The molecule has 0 saturated carbocycles. The molecule has 0 aliphatic rings. The van der Waals surface area contributed by atoms with Gasteiger partial charge in [0.1, 0.15) is 34.3 Å². The number of anilines is 4. The van der Waals surface area contributed by atoms with Crippen LogP contribution in [0.2, 0.25) is 20.1 Å². The fraction of sp³-hybridized carbons (Fsp3) is 0.118. The van der Waals surface area contributed by atoms with Crippen molar-refractivity contribution in [2.24, 2.45) is 0 Å². The van der Waals surface area contributed by atoms with Crippen molar-refractivity contribution >= 4 is 109 Å². The van der Waals surface area contributed by atoms with Crippen LogP contribution in [-0.4, -0.2) is 87.1 Å². The molecule has 6 aromatic heterocycles. The van der Waals surface area contributed by atoms with Crippen molar-refractivity contribution in [3.63, 3.8) is 0 Å². The third-order valence-electron chi connectivity index (χ3n) is 11.5. The van der Waals surface area contributed by atoms with Gasteiger partial charge in [-0.15, -0.1) is 0 Å². The first-order chi connectivity index (χ1) is 34.8. The number of amides is 1. The number of carbonyl (C=O) groups excluding carboxylic acids is 1. The Morgan fingerprint density at radius 2 is 0.972 bits per heavy atom. The van der Waals surface area contributed by atoms with Gasteiger partial charge in [0.15, 0.2) is 11.3 Å². The van der Waals surface area contributed by atoms with Gasteiger partial charge in [0.2, 0.25) is 17.8 Å². The molecule has 0 fully saturated rings. The van der Waals surface area contributed by atoms with Crippen LogP contribution in [0, 0.1) is 0 Å². The number of pyridine rings is 2. The second-order valence-electron chi connectivity index (χ2n) is 15.7. The first-order valence-corrected chi connectivity index (χ1v) is 23.2. The summed E-state index contributed by atoms with van der Waals surface area (Å²) in [5, 5.41) is 11.5. The molecule has 5 N–H and O–H groups in total. The fourth-order valence-electron chi connectivity index (χ4n) is 7.96. The molecular formula is C51H42Cl4N12O5. The van der Waals surface area contributed by atoms with Gasteiger partial charge in [-0.1, -0.05) is 77.2 Å². The number of nitrogens with two attached hydrogens (primary N) is 1. The lowest BCUT2D eigenvalue weighted by Gasteiger charge is -2.16. The highest BCUT2D eigenvalue weighted by Gasteiger charge is 2.26. The number of hydrogen-bond donors (Lipinski definition) is 4. The first kappa shape index (κ1) is 48.9. The van der Waals surface area contributed by atoms with E-state index in [0.717, 1.165) is 27.6 Å². The van der Waals surface area contributed by atoms with Crippen LogP contribution in [0.5, 0.6) is 23.0 Å². The van der Waals surface area contributed by atoms with Gasteiger partial charge >= 0.3 is 0 Å². The van der Waals surface area contributed by atoms with Gasteiger partial charge in [0, 0.05) is 107 Å². The number of benzene rings is 4. The number of hydrogen-bond acceptors (Lipinski definition) is 14. The molecule has 6 heterocycles. The van der Waals surface area contributed by atoms with Crippen molar-refractivity contribution in [2.75, 3.05) is 64.2 Å². The van der Waals surface area contributed by atoms with Crippen LogP contribution < -0.4 is 40.6 Å². The summed E-state index contributed by atoms with van der Waals surface area (Å²) in [6.07, 6.45) is 8.46.